The maximum atomic E-state index is 13.4. The third kappa shape index (κ3) is 5.61. The summed E-state index contributed by atoms with van der Waals surface area (Å²) in [6.45, 7) is 1.98. The highest BCUT2D eigenvalue weighted by Crippen LogP contribution is 2.36. The van der Waals surface area contributed by atoms with E-state index in [1.807, 2.05) is 4.90 Å². The second-order valence-corrected chi connectivity index (χ2v) is 10.6. The van der Waals surface area contributed by atoms with E-state index >= 15 is 0 Å². The largest absolute Gasteiger partial charge is 0.490 e. The van der Waals surface area contributed by atoms with Crippen LogP contribution in [0.4, 0.5) is 13.2 Å². The molecular formula is C21H29F3N2O6S. The quantitative estimate of drug-likeness (QED) is 0.593. The van der Waals surface area contributed by atoms with E-state index in [2.05, 4.69) is 0 Å². The van der Waals surface area contributed by atoms with Crippen LogP contribution < -0.4 is 4.74 Å². The van der Waals surface area contributed by atoms with Crippen molar-refractivity contribution in [3.63, 3.8) is 0 Å². The molecule has 12 heteroatoms. The van der Waals surface area contributed by atoms with Crippen molar-refractivity contribution in [3.05, 3.63) is 29.8 Å². The van der Waals surface area contributed by atoms with Crippen LogP contribution in [0.2, 0.25) is 0 Å². The molecule has 0 unspecified atom stereocenters. The van der Waals surface area contributed by atoms with Crippen molar-refractivity contribution in [2.24, 2.45) is 0 Å². The lowest BCUT2D eigenvalue weighted by molar-refractivity contribution is -0.141. The van der Waals surface area contributed by atoms with Crippen molar-refractivity contribution in [2.75, 3.05) is 46.4 Å². The van der Waals surface area contributed by atoms with Crippen LogP contribution >= 0.6 is 0 Å². The van der Waals surface area contributed by atoms with E-state index in [1.54, 1.807) is 7.11 Å². The van der Waals surface area contributed by atoms with Gasteiger partial charge in [-0.25, -0.2) is 12.7 Å². The number of hydrogen-bond acceptors (Lipinski definition) is 6. The summed E-state index contributed by atoms with van der Waals surface area (Å²) in [6, 6.07) is 4.35. The van der Waals surface area contributed by atoms with Crippen molar-refractivity contribution in [2.45, 2.75) is 42.7 Å². The molecule has 8 nitrogen and oxygen atoms in total. The highest BCUT2D eigenvalue weighted by atomic mass is 32.2. The molecule has 0 bridgehead atoms. The number of piperidine rings is 2. The van der Waals surface area contributed by atoms with Gasteiger partial charge in [-0.2, -0.15) is 13.2 Å². The average Bonchev–Trinajstić information content (AvgIpc) is 2.78. The number of ether oxygens (including phenoxy) is 2. The minimum absolute atomic E-state index is 0.00361. The minimum Gasteiger partial charge on any atom is -0.490 e. The Morgan fingerprint density at radius 1 is 1.12 bits per heavy atom. The van der Waals surface area contributed by atoms with Crippen LogP contribution in [0.3, 0.4) is 0 Å². The molecule has 2 heterocycles. The van der Waals surface area contributed by atoms with Gasteiger partial charge in [0.1, 0.15) is 11.9 Å². The van der Waals surface area contributed by atoms with Gasteiger partial charge in [-0.3, -0.25) is 4.79 Å². The van der Waals surface area contributed by atoms with Gasteiger partial charge in [0.25, 0.3) is 0 Å². The summed E-state index contributed by atoms with van der Waals surface area (Å²) in [7, 11) is -2.54. The van der Waals surface area contributed by atoms with Crippen LogP contribution in [0.15, 0.2) is 24.3 Å². The van der Waals surface area contributed by atoms with E-state index in [1.165, 1.54) is 16.4 Å². The first-order chi connectivity index (χ1) is 15.5. The zero-order chi connectivity index (χ0) is 24.3. The van der Waals surface area contributed by atoms with Gasteiger partial charge in [-0.15, -0.1) is 0 Å². The number of carboxylic acids is 1. The second-order valence-electron chi connectivity index (χ2n) is 8.38. The fraction of sp³-hybridized carbons (Fsp3) is 0.667. The normalized spacial score (nSPS) is 21.1. The molecule has 0 aromatic heterocycles. The Kier molecular flexibility index (Phi) is 7.92. The third-order valence-electron chi connectivity index (χ3n) is 6.38. The number of aliphatic carboxylic acids is 1. The summed E-state index contributed by atoms with van der Waals surface area (Å²) in [5, 5.41) is 9.89. The number of halogens is 3. The number of carbonyl (C=O) groups is 1. The molecule has 1 aromatic carbocycles. The number of nitrogens with zero attached hydrogens (tertiary/aromatic N) is 2. The number of sulfonamides is 1. The average molecular weight is 495 g/mol. The van der Waals surface area contributed by atoms with Gasteiger partial charge in [0.15, 0.2) is 4.75 Å². The van der Waals surface area contributed by atoms with E-state index in [9.17, 15) is 31.5 Å². The Balaban J connectivity index is 1.61. The Hall–Kier alpha value is -1.89. The Morgan fingerprint density at radius 3 is 2.18 bits per heavy atom. The molecule has 0 spiro atoms. The Labute approximate surface area is 191 Å². The lowest BCUT2D eigenvalue weighted by Gasteiger charge is -2.42. The second kappa shape index (κ2) is 10.2. The van der Waals surface area contributed by atoms with E-state index < -0.39 is 32.5 Å². The van der Waals surface area contributed by atoms with Crippen LogP contribution in [0, 0.1) is 0 Å². The highest BCUT2D eigenvalue weighted by Gasteiger charge is 2.55. The summed E-state index contributed by atoms with van der Waals surface area (Å²) < 4.78 is 75.0. The van der Waals surface area contributed by atoms with Crippen LogP contribution in [0.5, 0.6) is 5.75 Å². The molecule has 2 aliphatic heterocycles. The summed E-state index contributed by atoms with van der Waals surface area (Å²) in [4.78, 5) is 14.1. The summed E-state index contributed by atoms with van der Waals surface area (Å²) in [5.74, 6) is -1.06. The van der Waals surface area contributed by atoms with E-state index in [4.69, 9.17) is 9.47 Å². The van der Waals surface area contributed by atoms with Crippen molar-refractivity contribution >= 4 is 16.0 Å². The molecule has 0 aliphatic carbocycles. The standard InChI is InChI=1S/C21H29F3N2O6S/c1-31-15-14-25-12-8-20(9-13-25,19(27)28)33(29,30)26-10-6-18(7-11-26)32-17-4-2-16(3-5-17)21(22,23)24/h2-5,18H,6-15H2,1H3,(H,27,28). The summed E-state index contributed by atoms with van der Waals surface area (Å²) in [5.41, 5.74) is -0.775. The first-order valence-electron chi connectivity index (χ1n) is 10.8. The fourth-order valence-corrected chi connectivity index (χ4v) is 6.40. The first-order valence-corrected chi connectivity index (χ1v) is 12.2. The van der Waals surface area contributed by atoms with Gasteiger partial charge < -0.3 is 19.5 Å². The molecule has 3 rings (SSSR count). The molecule has 33 heavy (non-hydrogen) atoms. The number of benzene rings is 1. The molecule has 0 saturated carbocycles. The van der Waals surface area contributed by atoms with Crippen molar-refractivity contribution in [1.82, 2.24) is 9.21 Å². The number of hydrogen-bond donors (Lipinski definition) is 1. The van der Waals surface area contributed by atoms with E-state index in [0.29, 0.717) is 39.1 Å². The maximum Gasteiger partial charge on any atom is 0.416 e. The lowest BCUT2D eigenvalue weighted by Crippen LogP contribution is -2.60. The molecule has 2 fully saturated rings. The van der Waals surface area contributed by atoms with Gasteiger partial charge >= 0.3 is 12.1 Å². The van der Waals surface area contributed by atoms with Crippen molar-refractivity contribution in [3.8, 4) is 5.75 Å². The molecule has 0 atom stereocenters. The van der Waals surface area contributed by atoms with Gasteiger partial charge in [0.2, 0.25) is 10.0 Å². The van der Waals surface area contributed by atoms with E-state index in [-0.39, 0.29) is 37.8 Å². The predicted octanol–water partition coefficient (Wildman–Crippen LogP) is 2.44. The molecule has 0 amide bonds. The maximum absolute atomic E-state index is 13.4. The molecule has 2 aliphatic rings. The molecular weight excluding hydrogens is 465 g/mol. The smallest absolute Gasteiger partial charge is 0.416 e. The molecule has 1 aromatic rings. The zero-order valence-electron chi connectivity index (χ0n) is 18.4. The van der Waals surface area contributed by atoms with Crippen LogP contribution in [-0.2, 0) is 25.7 Å². The summed E-state index contributed by atoms with van der Waals surface area (Å²) in [6.07, 6.45) is -4.18. The molecule has 186 valence electrons. The van der Waals surface area contributed by atoms with E-state index in [0.717, 1.165) is 12.1 Å². The number of likely N-dealkylation sites (tertiary alicyclic amines) is 1. The van der Waals surface area contributed by atoms with Crippen molar-refractivity contribution < 1.29 is 41.0 Å². The van der Waals surface area contributed by atoms with Gasteiger partial charge in [0, 0.05) is 39.8 Å². The fourth-order valence-electron chi connectivity index (χ4n) is 4.29. The van der Waals surface area contributed by atoms with Crippen LogP contribution in [0.1, 0.15) is 31.2 Å². The van der Waals surface area contributed by atoms with Gasteiger partial charge in [-0.1, -0.05) is 0 Å². The van der Waals surface area contributed by atoms with Crippen molar-refractivity contribution in [1.29, 1.82) is 0 Å². The lowest BCUT2D eigenvalue weighted by atomic mass is 9.96. The number of rotatable bonds is 8. The van der Waals surface area contributed by atoms with Crippen LogP contribution in [-0.4, -0.2) is 86.0 Å². The third-order valence-corrected chi connectivity index (χ3v) is 9.00. The molecule has 1 N–H and O–H groups in total. The predicted molar refractivity (Wildman–Crippen MR) is 114 cm³/mol. The first kappa shape index (κ1) is 25.7. The van der Waals surface area contributed by atoms with Crippen LogP contribution in [0.25, 0.3) is 0 Å². The zero-order valence-corrected chi connectivity index (χ0v) is 19.2. The topological polar surface area (TPSA) is 96.4 Å². The minimum atomic E-state index is -4.43. The number of alkyl halides is 3. The number of methoxy groups -OCH3 is 1. The Bertz CT molecular complexity index is 907. The molecule has 2 saturated heterocycles. The molecule has 0 radical (unpaired) electrons. The van der Waals surface area contributed by atoms with Gasteiger partial charge in [-0.05, 0) is 49.9 Å². The SMILES string of the molecule is COCCN1CCC(C(=O)O)(S(=O)(=O)N2CCC(Oc3ccc(C(F)(F)F)cc3)CC2)CC1. The highest BCUT2D eigenvalue weighted by molar-refractivity contribution is 7.91. The number of carboxylic acid groups (broad SMARTS) is 1. The summed E-state index contributed by atoms with van der Waals surface area (Å²) >= 11 is 0. The monoisotopic (exact) mass is 494 g/mol. The van der Waals surface area contributed by atoms with Gasteiger partial charge in [0.05, 0.1) is 12.2 Å². The Morgan fingerprint density at radius 2 is 1.70 bits per heavy atom.